The van der Waals surface area contributed by atoms with E-state index in [9.17, 15) is 14.4 Å². The monoisotopic (exact) mass is 1130 g/mol. The molecular formula is C75H132O6. The molecule has 0 aliphatic carbocycles. The summed E-state index contributed by atoms with van der Waals surface area (Å²) in [5.74, 6) is -0.961. The van der Waals surface area contributed by atoms with Crippen molar-refractivity contribution in [2.24, 2.45) is 0 Å². The molecule has 0 radical (unpaired) electrons. The Kier molecular flexibility index (Phi) is 66.2. The van der Waals surface area contributed by atoms with Crippen molar-refractivity contribution in [2.45, 2.75) is 361 Å². The fourth-order valence-corrected chi connectivity index (χ4v) is 10.1. The summed E-state index contributed by atoms with van der Waals surface area (Å²) in [4.78, 5) is 38.3. The Balaban J connectivity index is 4.20. The highest BCUT2D eigenvalue weighted by atomic mass is 16.6. The standard InChI is InChI=1S/C75H132O6/c1-4-7-10-13-16-19-22-25-28-30-31-32-33-34-35-36-37-38-39-40-41-42-43-44-46-47-50-53-56-59-62-65-68-74(77)80-71-72(70-79-73(76)67-64-61-58-55-52-49-27-24-21-18-15-12-9-6-3)81-75(78)69-66-63-60-57-54-51-48-45-29-26-23-20-17-14-11-8-5-2/h8,11,15,17-18,20,24,26-27,29,48,51,57,60,72H,4-7,9-10,12-14,16,19,21-23,25,28,30-47,49-50,52-56,58-59,61-71H2,1-3H3/b11-8-,18-15-,20-17-,27-24-,29-26-,51-48-,60-57-. The van der Waals surface area contributed by atoms with Gasteiger partial charge in [0.05, 0.1) is 0 Å². The van der Waals surface area contributed by atoms with Gasteiger partial charge in [0.2, 0.25) is 0 Å². The smallest absolute Gasteiger partial charge is 0.306 e. The Hall–Kier alpha value is -3.41. The van der Waals surface area contributed by atoms with Crippen molar-refractivity contribution >= 4 is 17.9 Å². The maximum absolute atomic E-state index is 12.9. The third kappa shape index (κ3) is 67.3. The van der Waals surface area contributed by atoms with Crippen LogP contribution in [-0.4, -0.2) is 37.2 Å². The third-order valence-corrected chi connectivity index (χ3v) is 15.4. The second-order valence-corrected chi connectivity index (χ2v) is 23.4. The molecule has 0 bridgehead atoms. The average Bonchev–Trinajstić information content (AvgIpc) is 3.47. The van der Waals surface area contributed by atoms with E-state index in [0.717, 1.165) is 103 Å². The van der Waals surface area contributed by atoms with Gasteiger partial charge in [0.1, 0.15) is 13.2 Å². The third-order valence-electron chi connectivity index (χ3n) is 15.4. The summed E-state index contributed by atoms with van der Waals surface area (Å²) in [7, 11) is 0. The quantitative estimate of drug-likeness (QED) is 0.0261. The van der Waals surface area contributed by atoms with Gasteiger partial charge in [0, 0.05) is 19.3 Å². The molecular weight excluding hydrogens is 997 g/mol. The van der Waals surface area contributed by atoms with Gasteiger partial charge >= 0.3 is 17.9 Å². The minimum Gasteiger partial charge on any atom is -0.462 e. The molecule has 0 aliphatic heterocycles. The van der Waals surface area contributed by atoms with E-state index in [0.29, 0.717) is 19.3 Å². The van der Waals surface area contributed by atoms with E-state index in [1.165, 1.54) is 205 Å². The maximum atomic E-state index is 12.9. The number of rotatable bonds is 64. The summed E-state index contributed by atoms with van der Waals surface area (Å²) in [5.41, 5.74) is 0. The van der Waals surface area contributed by atoms with Gasteiger partial charge in [0.25, 0.3) is 0 Å². The highest BCUT2D eigenvalue weighted by molar-refractivity contribution is 5.71. The van der Waals surface area contributed by atoms with Gasteiger partial charge in [-0.3, -0.25) is 14.4 Å². The van der Waals surface area contributed by atoms with E-state index in [2.05, 4.69) is 106 Å². The molecule has 0 amide bonds. The van der Waals surface area contributed by atoms with Crippen molar-refractivity contribution < 1.29 is 28.6 Å². The lowest BCUT2D eigenvalue weighted by Gasteiger charge is -2.18. The fourth-order valence-electron chi connectivity index (χ4n) is 10.1. The summed E-state index contributed by atoms with van der Waals surface area (Å²) in [5, 5.41) is 0. The highest BCUT2D eigenvalue weighted by Crippen LogP contribution is 2.18. The normalized spacial score (nSPS) is 12.6. The van der Waals surface area contributed by atoms with Crippen molar-refractivity contribution in [2.75, 3.05) is 13.2 Å². The lowest BCUT2D eigenvalue weighted by atomic mass is 10.0. The Bertz CT molecular complexity index is 1530. The minimum atomic E-state index is -0.813. The lowest BCUT2D eigenvalue weighted by molar-refractivity contribution is -0.167. The van der Waals surface area contributed by atoms with Crippen molar-refractivity contribution in [1.82, 2.24) is 0 Å². The summed E-state index contributed by atoms with van der Waals surface area (Å²) in [6, 6.07) is 0. The molecule has 81 heavy (non-hydrogen) atoms. The van der Waals surface area contributed by atoms with Crippen LogP contribution in [0.5, 0.6) is 0 Å². The molecule has 0 saturated carbocycles. The highest BCUT2D eigenvalue weighted by Gasteiger charge is 2.19. The summed E-state index contributed by atoms with van der Waals surface area (Å²) >= 11 is 0. The van der Waals surface area contributed by atoms with Crippen LogP contribution in [0.25, 0.3) is 0 Å². The van der Waals surface area contributed by atoms with E-state index in [4.69, 9.17) is 14.2 Å². The second kappa shape index (κ2) is 69.1. The maximum Gasteiger partial charge on any atom is 0.306 e. The van der Waals surface area contributed by atoms with E-state index in [1.807, 2.05) is 0 Å². The fraction of sp³-hybridized carbons (Fsp3) is 0.773. The van der Waals surface area contributed by atoms with Crippen molar-refractivity contribution in [3.8, 4) is 0 Å². The summed E-state index contributed by atoms with van der Waals surface area (Å²) in [6.45, 7) is 6.47. The number of allylic oxidation sites excluding steroid dienone is 14. The average molecular weight is 1130 g/mol. The second-order valence-electron chi connectivity index (χ2n) is 23.4. The first-order chi connectivity index (χ1) is 40.0. The zero-order valence-corrected chi connectivity index (χ0v) is 53.8. The zero-order chi connectivity index (χ0) is 58.5. The SMILES string of the molecule is CC/C=C\C/C=C\C/C=C\C/C=C\C/C=C\CCCC(=O)OC(COC(=O)CCCCCCC/C=C\C/C=C\CCCC)COC(=O)CCCCCCCCCCCCCCCCCCCCCCCCCCCCCCCCCC. The van der Waals surface area contributed by atoms with Gasteiger partial charge in [0.15, 0.2) is 6.10 Å². The predicted octanol–water partition coefficient (Wildman–Crippen LogP) is 24.2. The van der Waals surface area contributed by atoms with Crippen molar-refractivity contribution in [3.63, 3.8) is 0 Å². The number of esters is 3. The van der Waals surface area contributed by atoms with E-state index in [1.54, 1.807) is 0 Å². The van der Waals surface area contributed by atoms with E-state index >= 15 is 0 Å². The first kappa shape index (κ1) is 77.6. The Morgan fingerprint density at radius 2 is 0.506 bits per heavy atom. The van der Waals surface area contributed by atoms with Crippen LogP contribution >= 0.6 is 0 Å². The van der Waals surface area contributed by atoms with Gasteiger partial charge in [-0.05, 0) is 83.5 Å². The Morgan fingerprint density at radius 1 is 0.259 bits per heavy atom. The first-order valence-corrected chi connectivity index (χ1v) is 35.1. The van der Waals surface area contributed by atoms with E-state index in [-0.39, 0.29) is 37.5 Å². The van der Waals surface area contributed by atoms with E-state index < -0.39 is 6.10 Å². The molecule has 0 aromatic rings. The Morgan fingerprint density at radius 3 is 0.827 bits per heavy atom. The van der Waals surface area contributed by atoms with Gasteiger partial charge < -0.3 is 14.2 Å². The topological polar surface area (TPSA) is 78.9 Å². The van der Waals surface area contributed by atoms with Gasteiger partial charge in [-0.2, -0.15) is 0 Å². The van der Waals surface area contributed by atoms with Crippen LogP contribution < -0.4 is 0 Å². The minimum absolute atomic E-state index is 0.101. The van der Waals surface area contributed by atoms with Gasteiger partial charge in [-0.15, -0.1) is 0 Å². The molecule has 6 heteroatoms. The lowest BCUT2D eigenvalue weighted by Crippen LogP contribution is -2.30. The molecule has 0 aliphatic rings. The molecule has 6 nitrogen and oxygen atoms in total. The first-order valence-electron chi connectivity index (χ1n) is 35.1. The molecule has 0 spiro atoms. The molecule has 0 aromatic heterocycles. The zero-order valence-electron chi connectivity index (χ0n) is 53.8. The molecule has 1 atom stereocenters. The van der Waals surface area contributed by atoms with Crippen molar-refractivity contribution in [1.29, 1.82) is 0 Å². The molecule has 0 aromatic carbocycles. The van der Waals surface area contributed by atoms with Crippen LogP contribution in [0.3, 0.4) is 0 Å². The van der Waals surface area contributed by atoms with Crippen molar-refractivity contribution in [3.05, 3.63) is 85.1 Å². The molecule has 1 unspecified atom stereocenters. The number of hydrogen-bond donors (Lipinski definition) is 0. The number of unbranched alkanes of at least 4 members (excludes halogenated alkanes) is 39. The van der Waals surface area contributed by atoms with Crippen LogP contribution in [0.2, 0.25) is 0 Å². The molecule has 0 fully saturated rings. The van der Waals surface area contributed by atoms with Gasteiger partial charge in [-0.1, -0.05) is 337 Å². The van der Waals surface area contributed by atoms with Gasteiger partial charge in [-0.25, -0.2) is 0 Å². The van der Waals surface area contributed by atoms with Crippen LogP contribution in [-0.2, 0) is 28.6 Å². The summed E-state index contributed by atoms with van der Waals surface area (Å²) < 4.78 is 16.9. The molecule has 468 valence electrons. The van der Waals surface area contributed by atoms with Crippen LogP contribution in [0, 0.1) is 0 Å². The van der Waals surface area contributed by atoms with Crippen LogP contribution in [0.1, 0.15) is 355 Å². The summed E-state index contributed by atoms with van der Waals surface area (Å²) in [6.07, 6.45) is 92.1. The van der Waals surface area contributed by atoms with Crippen LogP contribution in [0.4, 0.5) is 0 Å². The molecule has 0 saturated heterocycles. The Labute approximate surface area is 503 Å². The largest absolute Gasteiger partial charge is 0.462 e. The molecule has 0 rings (SSSR count). The molecule has 0 heterocycles. The van der Waals surface area contributed by atoms with Crippen LogP contribution in [0.15, 0.2) is 85.1 Å². The molecule has 0 N–H and O–H groups in total. The number of carbonyl (C=O) groups excluding carboxylic acids is 3. The predicted molar refractivity (Wildman–Crippen MR) is 353 cm³/mol. The number of hydrogen-bond acceptors (Lipinski definition) is 6. The number of ether oxygens (including phenoxy) is 3. The number of carbonyl (C=O) groups is 3.